The molecule has 2 fully saturated rings. The Hall–Kier alpha value is -6.16. The summed E-state index contributed by atoms with van der Waals surface area (Å²) in [5.41, 5.74) is 6.45. The molecule has 8 atom stereocenters. The number of carbonyl (C=O) groups is 4. The zero-order valence-electron chi connectivity index (χ0n) is 37.9. The number of amides is 4. The number of fused-ring (bicyclic) bond motifs is 6. The first-order chi connectivity index (χ1) is 30.8. The fraction of sp³-hybridized carbons (Fsp3) is 0.500. The van der Waals surface area contributed by atoms with Gasteiger partial charge in [0.05, 0.1) is 48.7 Å². The van der Waals surface area contributed by atoms with Crippen LogP contribution >= 0.6 is 0 Å². The summed E-state index contributed by atoms with van der Waals surface area (Å²) in [6.45, 7) is 11.2. The molecule has 0 bridgehead atoms. The number of carbonyl (C=O) groups excluding carboxylic acids is 3. The van der Waals surface area contributed by atoms with E-state index in [2.05, 4.69) is 51.7 Å². The molecule has 4 N–H and O–H groups in total. The molecule has 0 spiro atoms. The van der Waals surface area contributed by atoms with E-state index in [4.69, 9.17) is 24.2 Å². The third kappa shape index (κ3) is 8.12. The molecule has 0 unspecified atom stereocenters. The molecule has 4 amide bonds. The number of ether oxygens (including phenoxy) is 3. The van der Waals surface area contributed by atoms with Gasteiger partial charge in [-0.2, -0.15) is 0 Å². The number of benzene rings is 3. The maximum absolute atomic E-state index is 14.2. The van der Waals surface area contributed by atoms with Crippen LogP contribution in [-0.2, 0) is 25.7 Å². The van der Waals surface area contributed by atoms with E-state index in [1.165, 1.54) is 14.2 Å². The molecule has 16 nitrogen and oxygen atoms in total. The van der Waals surface area contributed by atoms with Gasteiger partial charge in [-0.1, -0.05) is 58.7 Å². The number of hydrogen-bond acceptors (Lipinski definition) is 9. The Kier molecular flexibility index (Phi) is 12.6. The van der Waals surface area contributed by atoms with Crippen LogP contribution in [-0.4, -0.2) is 116 Å². The number of aromatic nitrogens is 4. The predicted octanol–water partition coefficient (Wildman–Crippen LogP) is 8.05. The van der Waals surface area contributed by atoms with Crippen molar-refractivity contribution < 1.29 is 38.5 Å². The largest absolute Gasteiger partial charge is 0.488 e. The summed E-state index contributed by atoms with van der Waals surface area (Å²) < 4.78 is 16.9. The van der Waals surface area contributed by atoms with Gasteiger partial charge in [-0.15, -0.1) is 0 Å². The molecule has 3 aliphatic rings. The molecule has 64 heavy (non-hydrogen) atoms. The van der Waals surface area contributed by atoms with Crippen LogP contribution in [0.5, 0.6) is 5.75 Å². The van der Waals surface area contributed by atoms with Gasteiger partial charge in [0.15, 0.2) is 0 Å². The van der Waals surface area contributed by atoms with Gasteiger partial charge in [-0.25, -0.2) is 19.6 Å². The highest BCUT2D eigenvalue weighted by atomic mass is 16.5. The minimum atomic E-state index is -1.12. The summed E-state index contributed by atoms with van der Waals surface area (Å²) in [6.07, 6.45) is 3.57. The van der Waals surface area contributed by atoms with Crippen molar-refractivity contribution in [3.63, 3.8) is 0 Å². The summed E-state index contributed by atoms with van der Waals surface area (Å²) >= 11 is 0. The van der Waals surface area contributed by atoms with Crippen molar-refractivity contribution in [1.29, 1.82) is 0 Å². The van der Waals surface area contributed by atoms with E-state index >= 15 is 0 Å². The molecular formula is C48H60N8O8. The van der Waals surface area contributed by atoms with E-state index in [1.807, 2.05) is 50.5 Å². The molecule has 2 saturated heterocycles. The number of likely N-dealkylation sites (tertiary alicyclic amines) is 2. The van der Waals surface area contributed by atoms with Crippen LogP contribution in [0.2, 0.25) is 0 Å². The van der Waals surface area contributed by atoms with E-state index in [0.717, 1.165) is 73.2 Å². The van der Waals surface area contributed by atoms with Crippen LogP contribution < -0.4 is 10.1 Å². The SMILES string of the molecule is CC[C@H](C)[C@H](NC(=O)OC)C(=O)N1C[C@@H](COC)C[C@H]1c1nc2c(ccc3cc4c(cc32)OCc2cc(-c3cnc([C@@H]5CC[C@H](C)N5C(=O)[C@H]([C@@H](C)CC)N(C)C(=O)O)[nH]3)ccc2-4)[nH]1. The highest BCUT2D eigenvalue weighted by Gasteiger charge is 2.44. The number of hydrogen-bond donors (Lipinski definition) is 4. The Bertz CT molecular complexity index is 2570. The van der Waals surface area contributed by atoms with Gasteiger partial charge in [-0.3, -0.25) is 14.5 Å². The molecule has 3 aromatic carbocycles. The van der Waals surface area contributed by atoms with Crippen molar-refractivity contribution in [3.8, 4) is 28.1 Å². The fourth-order valence-electron chi connectivity index (χ4n) is 10.0. The van der Waals surface area contributed by atoms with E-state index in [0.29, 0.717) is 50.7 Å². The number of nitrogens with zero attached hydrogens (tertiary/aromatic N) is 5. The first-order valence-corrected chi connectivity index (χ1v) is 22.5. The van der Waals surface area contributed by atoms with Gasteiger partial charge < -0.3 is 44.4 Å². The fourth-order valence-corrected chi connectivity index (χ4v) is 10.0. The van der Waals surface area contributed by atoms with Crippen LogP contribution in [0.1, 0.15) is 96.0 Å². The molecule has 340 valence electrons. The lowest BCUT2D eigenvalue weighted by atomic mass is 9.92. The standard InChI is InChI=1S/C48H60N8O8/c1-9-25(3)40(53-47(59)63-8)45(57)55-22-28(23-62-7)17-38(55)44-50-35-15-13-29-19-34-32-14-12-30(18-31(32)24-64-39(34)20-33(29)41(35)52-44)36-21-49-43(51-36)37-16-11-27(5)56(37)46(58)42(26(4)10-2)54(6)48(60)61/h12-15,18-21,25-28,37-38,40,42H,9-11,16-17,22-24H2,1-8H3,(H,49,51)(H,50,52)(H,53,59)(H,60,61)/t25-,26-,27-,28-,37-,38-,40-,42-/m0/s1. The third-order valence-corrected chi connectivity index (χ3v) is 14.0. The smallest absolute Gasteiger partial charge is 0.407 e. The quantitative estimate of drug-likeness (QED) is 0.0899. The molecule has 0 radical (unpaired) electrons. The lowest BCUT2D eigenvalue weighted by Crippen LogP contribution is -2.53. The van der Waals surface area contributed by atoms with Crippen molar-refractivity contribution in [2.24, 2.45) is 17.8 Å². The van der Waals surface area contributed by atoms with Crippen LogP contribution in [0.25, 0.3) is 44.2 Å². The first-order valence-electron chi connectivity index (χ1n) is 22.5. The normalized spacial score (nSPS) is 21.2. The van der Waals surface area contributed by atoms with Gasteiger partial charge >= 0.3 is 12.2 Å². The van der Waals surface area contributed by atoms with Gasteiger partial charge in [0.2, 0.25) is 11.8 Å². The first kappa shape index (κ1) is 44.4. The van der Waals surface area contributed by atoms with E-state index in [9.17, 15) is 24.3 Å². The predicted molar refractivity (Wildman–Crippen MR) is 241 cm³/mol. The van der Waals surface area contributed by atoms with E-state index in [1.54, 1.807) is 13.3 Å². The lowest BCUT2D eigenvalue weighted by Gasteiger charge is -2.36. The van der Waals surface area contributed by atoms with Crippen LogP contribution in [0.3, 0.4) is 0 Å². The molecule has 5 aromatic rings. The maximum Gasteiger partial charge on any atom is 0.407 e. The topological polar surface area (TPSA) is 195 Å². The van der Waals surface area contributed by atoms with Crippen molar-refractivity contribution in [1.82, 2.24) is 40.0 Å². The van der Waals surface area contributed by atoms with Gasteiger partial charge in [0.1, 0.15) is 36.1 Å². The lowest BCUT2D eigenvalue weighted by molar-refractivity contribution is -0.140. The molecule has 8 rings (SSSR count). The molecule has 0 saturated carbocycles. The summed E-state index contributed by atoms with van der Waals surface area (Å²) in [6, 6.07) is 12.3. The molecule has 2 aromatic heterocycles. The maximum atomic E-state index is 14.2. The van der Waals surface area contributed by atoms with Crippen molar-refractivity contribution in [2.75, 3.05) is 34.4 Å². The number of aromatic amines is 2. The van der Waals surface area contributed by atoms with Gasteiger partial charge in [0.25, 0.3) is 0 Å². The Labute approximate surface area is 373 Å². The number of H-pyrrole nitrogens is 2. The van der Waals surface area contributed by atoms with Crippen molar-refractivity contribution >= 4 is 45.8 Å². The number of rotatable bonds is 13. The van der Waals surface area contributed by atoms with Crippen LogP contribution in [0, 0.1) is 17.8 Å². The van der Waals surface area contributed by atoms with E-state index in [-0.39, 0.29) is 47.7 Å². The van der Waals surface area contributed by atoms with Crippen LogP contribution in [0.15, 0.2) is 48.7 Å². The minimum absolute atomic E-state index is 0.0594. The zero-order valence-corrected chi connectivity index (χ0v) is 37.9. The second-order valence-corrected chi connectivity index (χ2v) is 18.0. The number of methoxy groups -OCH3 is 2. The van der Waals surface area contributed by atoms with E-state index < -0.39 is 24.3 Å². The summed E-state index contributed by atoms with van der Waals surface area (Å²) in [7, 11) is 4.43. The number of likely N-dealkylation sites (N-methyl/N-ethyl adjacent to an activating group) is 1. The minimum Gasteiger partial charge on any atom is -0.488 e. The third-order valence-electron chi connectivity index (χ3n) is 14.0. The second-order valence-electron chi connectivity index (χ2n) is 18.0. The second kappa shape index (κ2) is 18.1. The van der Waals surface area contributed by atoms with Crippen molar-refractivity contribution in [2.45, 2.75) is 104 Å². The Morgan fingerprint density at radius 1 is 0.969 bits per heavy atom. The summed E-state index contributed by atoms with van der Waals surface area (Å²) in [5.74, 6) is 1.57. The van der Waals surface area contributed by atoms with Gasteiger partial charge in [-0.05, 0) is 84.4 Å². The Morgan fingerprint density at radius 3 is 2.47 bits per heavy atom. The molecule has 0 aliphatic carbocycles. The average Bonchev–Trinajstić information content (AvgIpc) is 4.12. The van der Waals surface area contributed by atoms with Crippen LogP contribution in [0.4, 0.5) is 9.59 Å². The van der Waals surface area contributed by atoms with Gasteiger partial charge in [0, 0.05) is 43.6 Å². The summed E-state index contributed by atoms with van der Waals surface area (Å²) in [4.78, 5) is 74.4. The zero-order chi connectivity index (χ0) is 45.6. The Morgan fingerprint density at radius 2 is 1.75 bits per heavy atom. The average molecular weight is 877 g/mol. The number of alkyl carbamates (subject to hydrolysis) is 1. The van der Waals surface area contributed by atoms with Crippen molar-refractivity contribution in [3.05, 3.63) is 65.9 Å². The highest BCUT2D eigenvalue weighted by molar-refractivity contribution is 6.07. The summed E-state index contributed by atoms with van der Waals surface area (Å²) in [5, 5.41) is 14.5. The monoisotopic (exact) mass is 876 g/mol. The number of imidazole rings is 2. The number of nitrogens with one attached hydrogen (secondary N) is 3. The molecule has 16 heteroatoms. The molecule has 3 aliphatic heterocycles. The molecular weight excluding hydrogens is 817 g/mol. The highest BCUT2D eigenvalue weighted by Crippen LogP contribution is 2.44. The number of carboxylic acid groups (broad SMARTS) is 1. The Balaban J connectivity index is 1.06. The molecule has 5 heterocycles.